The Balaban J connectivity index is 3.03. The molecule has 1 aromatic rings. The van der Waals surface area contributed by atoms with Gasteiger partial charge in [0.2, 0.25) is 0 Å². The van der Waals surface area contributed by atoms with Crippen molar-refractivity contribution in [1.82, 2.24) is 9.97 Å². The van der Waals surface area contributed by atoms with Gasteiger partial charge in [-0.15, -0.1) is 0 Å². The molecule has 0 unspecified atom stereocenters. The monoisotopic (exact) mass is 225 g/mol. The average Bonchev–Trinajstić information content (AvgIpc) is 2.28. The van der Waals surface area contributed by atoms with Gasteiger partial charge in [-0.3, -0.25) is 0 Å². The summed E-state index contributed by atoms with van der Waals surface area (Å²) in [5, 5.41) is 8.88. The number of hydrazine groups is 1. The van der Waals surface area contributed by atoms with Crippen LogP contribution in [0.15, 0.2) is 6.07 Å². The number of nitrogens with one attached hydrogen (secondary N) is 1. The summed E-state index contributed by atoms with van der Waals surface area (Å²) in [5.41, 5.74) is 2.52. The molecule has 0 aliphatic rings. The highest BCUT2D eigenvalue weighted by atomic mass is 16.3. The molecule has 0 spiro atoms. The van der Waals surface area contributed by atoms with Crippen LogP contribution in [0.3, 0.4) is 0 Å². The van der Waals surface area contributed by atoms with Crippen molar-refractivity contribution in [3.05, 3.63) is 11.9 Å². The molecule has 0 radical (unpaired) electrons. The van der Waals surface area contributed by atoms with Gasteiger partial charge in [0.05, 0.1) is 6.61 Å². The number of aliphatic hydroxyl groups is 1. The Morgan fingerprint density at radius 3 is 2.69 bits per heavy atom. The molecule has 90 valence electrons. The zero-order valence-corrected chi connectivity index (χ0v) is 9.94. The van der Waals surface area contributed by atoms with Gasteiger partial charge in [0.1, 0.15) is 17.5 Å². The SMILES string of the molecule is CC(C)c1nc(NN)cc(N(C)CCO)n1. The summed E-state index contributed by atoms with van der Waals surface area (Å²) in [5.74, 6) is 7.65. The number of anilines is 2. The van der Waals surface area contributed by atoms with Crippen LogP contribution >= 0.6 is 0 Å². The number of nitrogens with zero attached hydrogens (tertiary/aromatic N) is 3. The lowest BCUT2D eigenvalue weighted by Crippen LogP contribution is -2.23. The van der Waals surface area contributed by atoms with Crippen molar-refractivity contribution in [2.24, 2.45) is 5.84 Å². The van der Waals surface area contributed by atoms with Gasteiger partial charge in [-0.2, -0.15) is 0 Å². The zero-order chi connectivity index (χ0) is 12.1. The number of rotatable bonds is 5. The van der Waals surface area contributed by atoms with Crippen molar-refractivity contribution >= 4 is 11.6 Å². The summed E-state index contributed by atoms with van der Waals surface area (Å²) in [6.45, 7) is 4.65. The highest BCUT2D eigenvalue weighted by molar-refractivity contribution is 5.48. The van der Waals surface area contributed by atoms with E-state index in [-0.39, 0.29) is 12.5 Å². The first-order chi connectivity index (χ1) is 7.58. The van der Waals surface area contributed by atoms with Crippen LogP contribution in [0.2, 0.25) is 0 Å². The number of aliphatic hydroxyl groups excluding tert-OH is 1. The maximum Gasteiger partial charge on any atom is 0.145 e. The highest BCUT2D eigenvalue weighted by Gasteiger charge is 2.10. The van der Waals surface area contributed by atoms with Crippen molar-refractivity contribution in [3.8, 4) is 0 Å². The second-order valence-corrected chi connectivity index (χ2v) is 3.91. The van der Waals surface area contributed by atoms with Gasteiger partial charge in [0.15, 0.2) is 0 Å². The number of nitrogen functional groups attached to an aromatic ring is 1. The Labute approximate surface area is 95.5 Å². The van der Waals surface area contributed by atoms with Gasteiger partial charge in [-0.1, -0.05) is 13.8 Å². The highest BCUT2D eigenvalue weighted by Crippen LogP contribution is 2.18. The fourth-order valence-electron chi connectivity index (χ4n) is 1.24. The molecule has 0 fully saturated rings. The largest absolute Gasteiger partial charge is 0.395 e. The summed E-state index contributed by atoms with van der Waals surface area (Å²) >= 11 is 0. The van der Waals surface area contributed by atoms with Crippen LogP contribution in [-0.4, -0.2) is 35.3 Å². The maximum atomic E-state index is 8.88. The van der Waals surface area contributed by atoms with E-state index in [0.29, 0.717) is 12.4 Å². The first kappa shape index (κ1) is 12.7. The molecule has 16 heavy (non-hydrogen) atoms. The standard InChI is InChI=1S/C10H19N5O/c1-7(2)10-12-8(14-11)6-9(13-10)15(3)4-5-16/h6-7,16H,4-5,11H2,1-3H3,(H,12,13,14). The second-order valence-electron chi connectivity index (χ2n) is 3.91. The minimum Gasteiger partial charge on any atom is -0.395 e. The van der Waals surface area contributed by atoms with Crippen LogP contribution < -0.4 is 16.2 Å². The lowest BCUT2D eigenvalue weighted by molar-refractivity contribution is 0.304. The third kappa shape index (κ3) is 3.04. The molecule has 0 bridgehead atoms. The van der Waals surface area contributed by atoms with Gasteiger partial charge in [0.25, 0.3) is 0 Å². The molecule has 0 aliphatic carbocycles. The van der Waals surface area contributed by atoms with E-state index >= 15 is 0 Å². The summed E-state index contributed by atoms with van der Waals surface area (Å²) in [7, 11) is 1.86. The van der Waals surface area contributed by atoms with Crippen LogP contribution in [-0.2, 0) is 0 Å². The van der Waals surface area contributed by atoms with E-state index in [4.69, 9.17) is 10.9 Å². The molecular weight excluding hydrogens is 206 g/mol. The quantitative estimate of drug-likeness (QED) is 0.494. The molecule has 0 aromatic carbocycles. The van der Waals surface area contributed by atoms with Crippen molar-refractivity contribution in [2.45, 2.75) is 19.8 Å². The predicted octanol–water partition coefficient (Wildman–Crippen LogP) is 0.314. The first-order valence-electron chi connectivity index (χ1n) is 5.26. The third-order valence-electron chi connectivity index (χ3n) is 2.22. The summed E-state index contributed by atoms with van der Waals surface area (Å²) < 4.78 is 0. The van der Waals surface area contributed by atoms with Gasteiger partial charge in [0, 0.05) is 25.6 Å². The van der Waals surface area contributed by atoms with Crippen LogP contribution in [0, 0.1) is 0 Å². The van der Waals surface area contributed by atoms with Gasteiger partial charge >= 0.3 is 0 Å². The van der Waals surface area contributed by atoms with Crippen LogP contribution in [0.5, 0.6) is 0 Å². The van der Waals surface area contributed by atoms with Crippen molar-refractivity contribution in [1.29, 1.82) is 0 Å². The van der Waals surface area contributed by atoms with Crippen molar-refractivity contribution in [3.63, 3.8) is 0 Å². The molecule has 1 rings (SSSR count). The van der Waals surface area contributed by atoms with Gasteiger partial charge in [-0.25, -0.2) is 15.8 Å². The summed E-state index contributed by atoms with van der Waals surface area (Å²) in [6, 6.07) is 1.75. The fourth-order valence-corrected chi connectivity index (χ4v) is 1.24. The number of hydrogen-bond acceptors (Lipinski definition) is 6. The number of nitrogens with two attached hydrogens (primary N) is 1. The Bertz CT molecular complexity index is 342. The second kappa shape index (κ2) is 5.62. The smallest absolute Gasteiger partial charge is 0.145 e. The molecule has 0 saturated heterocycles. The Morgan fingerprint density at radius 2 is 2.19 bits per heavy atom. The summed E-state index contributed by atoms with van der Waals surface area (Å²) in [4.78, 5) is 10.5. The number of hydrogen-bond donors (Lipinski definition) is 3. The Morgan fingerprint density at radius 1 is 1.50 bits per heavy atom. The topological polar surface area (TPSA) is 87.3 Å². The molecule has 6 nitrogen and oxygen atoms in total. The van der Waals surface area contributed by atoms with Gasteiger partial charge in [-0.05, 0) is 0 Å². The predicted molar refractivity (Wildman–Crippen MR) is 64.3 cm³/mol. The Hall–Kier alpha value is -1.40. The van der Waals surface area contributed by atoms with Crippen LogP contribution in [0.25, 0.3) is 0 Å². The molecule has 6 heteroatoms. The molecule has 1 aromatic heterocycles. The van der Waals surface area contributed by atoms with Gasteiger partial charge < -0.3 is 15.4 Å². The maximum absolute atomic E-state index is 8.88. The van der Waals surface area contributed by atoms with E-state index in [1.54, 1.807) is 6.07 Å². The zero-order valence-electron chi connectivity index (χ0n) is 9.94. The minimum atomic E-state index is 0.0862. The first-order valence-corrected chi connectivity index (χ1v) is 5.26. The lowest BCUT2D eigenvalue weighted by atomic mass is 10.2. The molecule has 0 saturated carbocycles. The van der Waals surface area contributed by atoms with E-state index < -0.39 is 0 Å². The molecule has 0 amide bonds. The molecule has 0 aliphatic heterocycles. The minimum absolute atomic E-state index is 0.0862. The molecule has 0 atom stereocenters. The molecule has 1 heterocycles. The average molecular weight is 225 g/mol. The van der Waals surface area contributed by atoms with E-state index in [0.717, 1.165) is 11.6 Å². The third-order valence-corrected chi connectivity index (χ3v) is 2.22. The van der Waals surface area contributed by atoms with Crippen LogP contribution in [0.4, 0.5) is 11.6 Å². The summed E-state index contributed by atoms with van der Waals surface area (Å²) in [6.07, 6.45) is 0. The van der Waals surface area contributed by atoms with E-state index in [2.05, 4.69) is 15.4 Å². The lowest BCUT2D eigenvalue weighted by Gasteiger charge is -2.18. The van der Waals surface area contributed by atoms with Crippen LogP contribution in [0.1, 0.15) is 25.6 Å². The molecule has 4 N–H and O–H groups in total. The Kier molecular flexibility index (Phi) is 4.45. The number of aromatic nitrogens is 2. The van der Waals surface area contributed by atoms with E-state index in [9.17, 15) is 0 Å². The fraction of sp³-hybridized carbons (Fsp3) is 0.600. The van der Waals surface area contributed by atoms with Crippen molar-refractivity contribution < 1.29 is 5.11 Å². The van der Waals surface area contributed by atoms with E-state index in [1.807, 2.05) is 25.8 Å². The number of likely N-dealkylation sites (N-methyl/N-ethyl adjacent to an activating group) is 1. The normalized spacial score (nSPS) is 10.6. The molecular formula is C10H19N5O. The van der Waals surface area contributed by atoms with Crippen molar-refractivity contribution in [2.75, 3.05) is 30.5 Å². The van der Waals surface area contributed by atoms with E-state index in [1.165, 1.54) is 0 Å².